The Morgan fingerprint density at radius 3 is 2.78 bits per heavy atom. The number of aromatic nitrogens is 1. The lowest BCUT2D eigenvalue weighted by Gasteiger charge is -2.25. The van der Waals surface area contributed by atoms with Crippen molar-refractivity contribution in [3.63, 3.8) is 0 Å². The highest BCUT2D eigenvalue weighted by molar-refractivity contribution is 7.15. The van der Waals surface area contributed by atoms with Crippen LogP contribution in [0.15, 0.2) is 53.5 Å². The summed E-state index contributed by atoms with van der Waals surface area (Å²) in [5.41, 5.74) is 4.34. The Labute approximate surface area is 215 Å². The van der Waals surface area contributed by atoms with Gasteiger partial charge in [-0.2, -0.15) is 0 Å². The monoisotopic (exact) mass is 502 g/mol. The fourth-order valence-electron chi connectivity index (χ4n) is 4.79. The molecule has 36 heavy (non-hydrogen) atoms. The Hall–Kier alpha value is -3.56. The van der Waals surface area contributed by atoms with Crippen LogP contribution in [0.5, 0.6) is 0 Å². The van der Waals surface area contributed by atoms with Crippen LogP contribution in [0.25, 0.3) is 0 Å². The number of thiazole rings is 1. The molecule has 186 valence electrons. The predicted molar refractivity (Wildman–Crippen MR) is 144 cm³/mol. The third-order valence-corrected chi connectivity index (χ3v) is 7.63. The molecule has 2 aliphatic rings. The van der Waals surface area contributed by atoms with Gasteiger partial charge in [0, 0.05) is 55.4 Å². The van der Waals surface area contributed by atoms with E-state index in [1.54, 1.807) is 30.7 Å². The van der Waals surface area contributed by atoms with Crippen LogP contribution >= 0.6 is 11.3 Å². The van der Waals surface area contributed by atoms with Gasteiger partial charge in [0.2, 0.25) is 0 Å². The number of urea groups is 1. The molecule has 2 aromatic carbocycles. The third-order valence-electron chi connectivity index (χ3n) is 6.63. The average molecular weight is 503 g/mol. The van der Waals surface area contributed by atoms with Crippen molar-refractivity contribution in [3.05, 3.63) is 75.8 Å². The molecule has 1 atom stereocenters. The van der Waals surface area contributed by atoms with Gasteiger partial charge in [-0.05, 0) is 55.3 Å². The summed E-state index contributed by atoms with van der Waals surface area (Å²) in [6.07, 6.45) is 4.45. The Morgan fingerprint density at radius 2 is 1.97 bits per heavy atom. The van der Waals surface area contributed by atoms with Gasteiger partial charge in [0.15, 0.2) is 5.13 Å². The van der Waals surface area contributed by atoms with Gasteiger partial charge in [-0.25, -0.2) is 9.78 Å². The predicted octanol–water partition coefficient (Wildman–Crippen LogP) is 4.80. The summed E-state index contributed by atoms with van der Waals surface area (Å²) in [6, 6.07) is 14.9. The zero-order valence-electron chi connectivity index (χ0n) is 20.5. The van der Waals surface area contributed by atoms with Crippen molar-refractivity contribution in [1.29, 1.82) is 0 Å². The summed E-state index contributed by atoms with van der Waals surface area (Å²) in [6.45, 7) is 2.53. The van der Waals surface area contributed by atoms with Crippen molar-refractivity contribution in [2.75, 3.05) is 37.8 Å². The molecule has 0 aliphatic carbocycles. The first-order chi connectivity index (χ1) is 17.5. The summed E-state index contributed by atoms with van der Waals surface area (Å²) in [5.74, 6) is -0.180. The van der Waals surface area contributed by atoms with Gasteiger partial charge < -0.3 is 15.1 Å². The van der Waals surface area contributed by atoms with Crippen LogP contribution in [0.2, 0.25) is 0 Å². The molecule has 1 fully saturated rings. The number of anilines is 2. The van der Waals surface area contributed by atoms with Crippen molar-refractivity contribution in [2.45, 2.75) is 31.8 Å². The maximum Gasteiger partial charge on any atom is 0.322 e. The van der Waals surface area contributed by atoms with Gasteiger partial charge in [-0.3, -0.25) is 15.1 Å². The minimum Gasteiger partial charge on any atom is -0.317 e. The normalized spacial score (nSPS) is 17.8. The number of hydrogen-bond acceptors (Lipinski definition) is 6. The van der Waals surface area contributed by atoms with Crippen LogP contribution in [-0.4, -0.2) is 60.1 Å². The zero-order valence-corrected chi connectivity index (χ0v) is 21.3. The molecule has 5 rings (SSSR count). The third kappa shape index (κ3) is 5.32. The number of amides is 3. The molecule has 0 bridgehead atoms. The van der Waals surface area contributed by atoms with Crippen LogP contribution in [0, 0.1) is 0 Å². The highest BCUT2D eigenvalue weighted by Crippen LogP contribution is 2.33. The fourth-order valence-corrected chi connectivity index (χ4v) is 5.87. The number of nitrogens with zero attached hydrogens (tertiary/aromatic N) is 4. The number of rotatable bonds is 5. The van der Waals surface area contributed by atoms with E-state index in [9.17, 15) is 9.59 Å². The topological polar surface area (TPSA) is 89.9 Å². The van der Waals surface area contributed by atoms with Gasteiger partial charge in [-0.15, -0.1) is 11.3 Å². The smallest absolute Gasteiger partial charge is 0.317 e. The lowest BCUT2D eigenvalue weighted by atomic mass is 10.0. The van der Waals surface area contributed by atoms with Crippen molar-refractivity contribution < 1.29 is 9.59 Å². The second-order valence-electron chi connectivity index (χ2n) is 9.25. The second-order valence-corrected chi connectivity index (χ2v) is 10.3. The molecule has 8 nitrogen and oxygen atoms in total. The van der Waals surface area contributed by atoms with E-state index >= 15 is 0 Å². The quantitative estimate of drug-likeness (QED) is 0.491. The molecular weight excluding hydrogens is 472 g/mol. The largest absolute Gasteiger partial charge is 0.322 e. The molecule has 9 heteroatoms. The SMILES string of the molecule is CN=Cc1ccc(NC(=O)N2CCC[C@@H]2c2cccc(C(=O)Nc3nc4c(s3)CN(C)CC4)c2)cc1. The first-order valence-corrected chi connectivity index (χ1v) is 13.0. The first kappa shape index (κ1) is 24.1. The van der Waals surface area contributed by atoms with Crippen LogP contribution in [0.3, 0.4) is 0 Å². The van der Waals surface area contributed by atoms with Gasteiger partial charge >= 0.3 is 6.03 Å². The van der Waals surface area contributed by atoms with Crippen LogP contribution in [0.4, 0.5) is 15.6 Å². The standard InChI is InChI=1S/C27H30N6O2S/c1-28-16-18-8-10-21(11-9-18)29-27(35)33-13-4-7-23(33)19-5-3-6-20(15-19)25(34)31-26-30-22-12-14-32(2)17-24(22)36-26/h3,5-6,8-11,15-16,23H,4,7,12-14,17H2,1-2H3,(H,29,35)(H,30,31,34)/t23-/m1/s1. The number of likely N-dealkylation sites (tertiary alicyclic amines) is 1. The number of aliphatic imine (C=N–C) groups is 1. The zero-order chi connectivity index (χ0) is 25.1. The highest BCUT2D eigenvalue weighted by atomic mass is 32.1. The molecule has 0 saturated carbocycles. The van der Waals surface area contributed by atoms with Crippen molar-refractivity contribution in [1.82, 2.24) is 14.8 Å². The maximum atomic E-state index is 13.1. The molecule has 0 radical (unpaired) electrons. The lowest BCUT2D eigenvalue weighted by molar-refractivity contribution is 0.102. The van der Waals surface area contributed by atoms with E-state index < -0.39 is 0 Å². The van der Waals surface area contributed by atoms with Crippen molar-refractivity contribution in [3.8, 4) is 0 Å². The lowest BCUT2D eigenvalue weighted by Crippen LogP contribution is -2.34. The second kappa shape index (κ2) is 10.6. The first-order valence-electron chi connectivity index (χ1n) is 12.2. The number of carbonyl (C=O) groups excluding carboxylic acids is 2. The summed E-state index contributed by atoms with van der Waals surface area (Å²) in [5, 5.41) is 6.62. The minimum atomic E-state index is -0.180. The van der Waals surface area contributed by atoms with Gasteiger partial charge in [0.25, 0.3) is 5.91 Å². The van der Waals surface area contributed by atoms with Gasteiger partial charge in [-0.1, -0.05) is 24.3 Å². The molecule has 2 aliphatic heterocycles. The molecule has 3 amide bonds. The average Bonchev–Trinajstić information content (AvgIpc) is 3.52. The molecule has 1 aromatic heterocycles. The molecule has 3 aromatic rings. The van der Waals surface area contributed by atoms with E-state index in [1.807, 2.05) is 47.4 Å². The molecule has 0 unspecified atom stereocenters. The van der Waals surface area contributed by atoms with Crippen molar-refractivity contribution in [2.24, 2.45) is 4.99 Å². The molecule has 3 heterocycles. The van der Waals surface area contributed by atoms with E-state index in [0.717, 1.165) is 54.9 Å². The van der Waals surface area contributed by atoms with E-state index in [1.165, 1.54) is 4.88 Å². The van der Waals surface area contributed by atoms with Crippen LogP contribution in [0.1, 0.15) is 50.9 Å². The minimum absolute atomic E-state index is 0.0769. The van der Waals surface area contributed by atoms with E-state index in [0.29, 0.717) is 17.2 Å². The van der Waals surface area contributed by atoms with E-state index in [-0.39, 0.29) is 18.0 Å². The summed E-state index contributed by atoms with van der Waals surface area (Å²) >= 11 is 1.55. The number of hydrogen-bond donors (Lipinski definition) is 2. The van der Waals surface area contributed by atoms with E-state index in [2.05, 4.69) is 32.6 Å². The van der Waals surface area contributed by atoms with Gasteiger partial charge in [0.1, 0.15) is 0 Å². The van der Waals surface area contributed by atoms with E-state index in [4.69, 9.17) is 0 Å². The fraction of sp³-hybridized carbons (Fsp3) is 0.333. The molecular formula is C27H30N6O2S. The number of benzene rings is 2. The van der Waals surface area contributed by atoms with Crippen LogP contribution in [-0.2, 0) is 13.0 Å². The summed E-state index contributed by atoms with van der Waals surface area (Å²) < 4.78 is 0. The molecule has 2 N–H and O–H groups in total. The Bertz CT molecular complexity index is 1290. The highest BCUT2D eigenvalue weighted by Gasteiger charge is 2.30. The summed E-state index contributed by atoms with van der Waals surface area (Å²) in [4.78, 5) is 40.1. The van der Waals surface area contributed by atoms with Crippen molar-refractivity contribution >= 4 is 40.3 Å². The number of fused-ring (bicyclic) bond motifs is 1. The Balaban J connectivity index is 1.26. The van der Waals surface area contributed by atoms with Gasteiger partial charge in [0.05, 0.1) is 11.7 Å². The Morgan fingerprint density at radius 1 is 1.14 bits per heavy atom. The van der Waals surface area contributed by atoms with Crippen LogP contribution < -0.4 is 10.6 Å². The Kier molecular flexibility index (Phi) is 7.11. The number of nitrogens with one attached hydrogen (secondary N) is 2. The number of carbonyl (C=O) groups is 2. The molecule has 0 spiro atoms. The maximum absolute atomic E-state index is 13.1. The number of likely N-dealkylation sites (N-methyl/N-ethyl adjacent to an activating group) is 1. The molecule has 1 saturated heterocycles. The summed E-state index contributed by atoms with van der Waals surface area (Å²) in [7, 11) is 3.82.